The first-order valence-electron chi connectivity index (χ1n) is 8.68. The Hall–Kier alpha value is -3.66. The van der Waals surface area contributed by atoms with Crippen LogP contribution in [0.5, 0.6) is 5.75 Å². The number of para-hydroxylation sites is 1. The van der Waals surface area contributed by atoms with Crippen LogP contribution in [0, 0.1) is 6.92 Å². The zero-order valence-electron chi connectivity index (χ0n) is 14.8. The molecule has 0 aliphatic carbocycles. The lowest BCUT2D eigenvalue weighted by Crippen LogP contribution is -2.22. The van der Waals surface area contributed by atoms with E-state index in [9.17, 15) is 9.90 Å². The molecule has 0 amide bonds. The normalized spacial score (nSPS) is 11.3. The number of aromatic nitrogens is 2. The Bertz CT molecular complexity index is 1210. The number of aromatic hydroxyl groups is 1. The number of hydrogen-bond acceptors (Lipinski definition) is 3. The highest BCUT2D eigenvalue weighted by Crippen LogP contribution is 2.17. The summed E-state index contributed by atoms with van der Waals surface area (Å²) in [6.45, 7) is 2.01. The molecule has 132 valence electrons. The lowest BCUT2D eigenvalue weighted by Gasteiger charge is -2.11. The van der Waals surface area contributed by atoms with Crippen molar-refractivity contribution in [3.05, 3.63) is 100 Å². The van der Waals surface area contributed by atoms with E-state index < -0.39 is 0 Å². The van der Waals surface area contributed by atoms with E-state index in [0.29, 0.717) is 16.7 Å². The quantitative estimate of drug-likeness (QED) is 0.586. The van der Waals surface area contributed by atoms with Crippen LogP contribution in [0.4, 0.5) is 0 Å². The second-order valence-corrected chi connectivity index (χ2v) is 6.39. The van der Waals surface area contributed by atoms with Crippen LogP contribution in [0.3, 0.4) is 0 Å². The van der Waals surface area contributed by atoms with Crippen LogP contribution in [0.25, 0.3) is 28.7 Å². The van der Waals surface area contributed by atoms with Crippen LogP contribution < -0.4 is 5.56 Å². The zero-order valence-corrected chi connectivity index (χ0v) is 14.8. The first-order chi connectivity index (χ1) is 13.1. The second-order valence-electron chi connectivity index (χ2n) is 6.39. The molecule has 3 aromatic carbocycles. The Labute approximate surface area is 156 Å². The minimum Gasteiger partial charge on any atom is -0.508 e. The van der Waals surface area contributed by atoms with Crippen LogP contribution >= 0.6 is 0 Å². The molecular formula is C23H18N2O2. The van der Waals surface area contributed by atoms with Gasteiger partial charge >= 0.3 is 0 Å². The first kappa shape index (κ1) is 16.8. The van der Waals surface area contributed by atoms with Gasteiger partial charge in [0, 0.05) is 0 Å². The number of phenolic OH excluding ortho intramolecular Hbond substituents is 1. The van der Waals surface area contributed by atoms with E-state index in [-0.39, 0.29) is 11.3 Å². The molecule has 4 heteroatoms. The Morgan fingerprint density at radius 2 is 1.70 bits per heavy atom. The molecular weight excluding hydrogens is 336 g/mol. The van der Waals surface area contributed by atoms with Gasteiger partial charge in [0.15, 0.2) is 0 Å². The molecule has 0 unspecified atom stereocenters. The molecule has 4 aromatic rings. The fraction of sp³-hybridized carbons (Fsp3) is 0.0435. The molecule has 0 atom stereocenters. The van der Waals surface area contributed by atoms with Gasteiger partial charge in [0.1, 0.15) is 11.6 Å². The number of nitrogens with zero attached hydrogens (tertiary/aromatic N) is 2. The summed E-state index contributed by atoms with van der Waals surface area (Å²) in [5.74, 6) is 0.727. The topological polar surface area (TPSA) is 55.1 Å². The predicted octanol–water partition coefficient (Wildman–Crippen LogP) is 4.57. The maximum Gasteiger partial charge on any atom is 0.266 e. The van der Waals surface area contributed by atoms with Gasteiger partial charge in [-0.2, -0.15) is 0 Å². The number of hydrogen-bond donors (Lipinski definition) is 1. The largest absolute Gasteiger partial charge is 0.508 e. The van der Waals surface area contributed by atoms with E-state index in [4.69, 9.17) is 0 Å². The standard InChI is InChI=1S/C23H18N2O2/c1-16-9-12-18(13-10-16)25-22(14-11-17-5-4-6-19(26)15-17)24-21-8-3-2-7-20(21)23(25)27/h2-15,26H,1H3. The van der Waals surface area contributed by atoms with E-state index in [2.05, 4.69) is 4.98 Å². The van der Waals surface area contributed by atoms with Crippen molar-refractivity contribution in [1.29, 1.82) is 0 Å². The highest BCUT2D eigenvalue weighted by atomic mass is 16.3. The molecule has 0 saturated carbocycles. The summed E-state index contributed by atoms with van der Waals surface area (Å²) in [6.07, 6.45) is 3.63. The molecule has 0 saturated heterocycles. The molecule has 4 nitrogen and oxygen atoms in total. The third-order valence-electron chi connectivity index (χ3n) is 4.39. The van der Waals surface area contributed by atoms with Gasteiger partial charge in [-0.15, -0.1) is 0 Å². The van der Waals surface area contributed by atoms with Crippen LogP contribution in [-0.2, 0) is 0 Å². The first-order valence-corrected chi connectivity index (χ1v) is 8.68. The molecule has 0 fully saturated rings. The van der Waals surface area contributed by atoms with Crippen molar-refractivity contribution in [2.75, 3.05) is 0 Å². The minimum atomic E-state index is -0.111. The van der Waals surface area contributed by atoms with Gasteiger partial charge in [-0.05, 0) is 55.0 Å². The van der Waals surface area contributed by atoms with Gasteiger partial charge in [0.2, 0.25) is 0 Å². The third kappa shape index (κ3) is 3.37. The molecule has 4 rings (SSSR count). The van der Waals surface area contributed by atoms with Crippen molar-refractivity contribution < 1.29 is 5.11 Å². The maximum absolute atomic E-state index is 13.1. The van der Waals surface area contributed by atoms with Crippen LogP contribution in [0.1, 0.15) is 17.0 Å². The monoisotopic (exact) mass is 354 g/mol. The summed E-state index contributed by atoms with van der Waals surface area (Å²) in [5.41, 5.74) is 3.26. The van der Waals surface area contributed by atoms with E-state index in [1.54, 1.807) is 34.9 Å². The Balaban J connectivity index is 1.93. The van der Waals surface area contributed by atoms with Crippen molar-refractivity contribution >= 4 is 23.1 Å². The van der Waals surface area contributed by atoms with Crippen molar-refractivity contribution in [3.8, 4) is 11.4 Å². The predicted molar refractivity (Wildman–Crippen MR) is 109 cm³/mol. The number of rotatable bonds is 3. The Morgan fingerprint density at radius 3 is 2.48 bits per heavy atom. The van der Waals surface area contributed by atoms with Crippen molar-refractivity contribution in [2.24, 2.45) is 0 Å². The zero-order chi connectivity index (χ0) is 18.8. The number of aryl methyl sites for hydroxylation is 1. The van der Waals surface area contributed by atoms with E-state index in [1.807, 2.05) is 61.5 Å². The molecule has 0 spiro atoms. The van der Waals surface area contributed by atoms with E-state index >= 15 is 0 Å². The lowest BCUT2D eigenvalue weighted by molar-refractivity contribution is 0.475. The molecule has 0 bridgehead atoms. The van der Waals surface area contributed by atoms with Gasteiger partial charge in [0.25, 0.3) is 5.56 Å². The fourth-order valence-corrected chi connectivity index (χ4v) is 3.00. The Kier molecular flexibility index (Phi) is 4.30. The van der Waals surface area contributed by atoms with Gasteiger partial charge in [-0.25, -0.2) is 4.98 Å². The van der Waals surface area contributed by atoms with Crippen molar-refractivity contribution in [1.82, 2.24) is 9.55 Å². The highest BCUT2D eigenvalue weighted by molar-refractivity contribution is 5.80. The average Bonchev–Trinajstić information content (AvgIpc) is 2.68. The number of benzene rings is 3. The third-order valence-corrected chi connectivity index (χ3v) is 4.39. The van der Waals surface area contributed by atoms with Gasteiger partial charge < -0.3 is 5.11 Å². The summed E-state index contributed by atoms with van der Waals surface area (Å²) in [5, 5.41) is 10.2. The summed E-state index contributed by atoms with van der Waals surface area (Å²) in [6, 6.07) is 22.0. The van der Waals surface area contributed by atoms with Crippen molar-refractivity contribution in [3.63, 3.8) is 0 Å². The molecule has 0 aliphatic heterocycles. The molecule has 27 heavy (non-hydrogen) atoms. The molecule has 0 radical (unpaired) electrons. The molecule has 1 aromatic heterocycles. The van der Waals surface area contributed by atoms with Crippen LogP contribution in [-0.4, -0.2) is 14.7 Å². The number of fused-ring (bicyclic) bond motifs is 1. The van der Waals surface area contributed by atoms with Gasteiger partial charge in [-0.1, -0.05) is 48.0 Å². The number of phenols is 1. The summed E-state index contributed by atoms with van der Waals surface area (Å²) in [7, 11) is 0. The van der Waals surface area contributed by atoms with Gasteiger partial charge in [-0.3, -0.25) is 9.36 Å². The van der Waals surface area contributed by atoms with E-state index in [0.717, 1.165) is 16.8 Å². The highest BCUT2D eigenvalue weighted by Gasteiger charge is 2.10. The SMILES string of the molecule is Cc1ccc(-n2c(C=Cc3cccc(O)c3)nc3ccccc3c2=O)cc1. The minimum absolute atomic E-state index is 0.111. The Morgan fingerprint density at radius 1 is 0.926 bits per heavy atom. The second kappa shape index (κ2) is 6.92. The summed E-state index contributed by atoms with van der Waals surface area (Å²) in [4.78, 5) is 17.8. The van der Waals surface area contributed by atoms with Crippen LogP contribution in [0.15, 0.2) is 77.6 Å². The summed E-state index contributed by atoms with van der Waals surface area (Å²) >= 11 is 0. The smallest absolute Gasteiger partial charge is 0.266 e. The van der Waals surface area contributed by atoms with Gasteiger partial charge in [0.05, 0.1) is 16.6 Å². The fourth-order valence-electron chi connectivity index (χ4n) is 3.00. The molecule has 1 heterocycles. The van der Waals surface area contributed by atoms with Crippen LogP contribution in [0.2, 0.25) is 0 Å². The average molecular weight is 354 g/mol. The summed E-state index contributed by atoms with van der Waals surface area (Å²) < 4.78 is 1.61. The molecule has 0 aliphatic rings. The van der Waals surface area contributed by atoms with E-state index in [1.165, 1.54) is 0 Å². The lowest BCUT2D eigenvalue weighted by atomic mass is 10.2. The maximum atomic E-state index is 13.1. The van der Waals surface area contributed by atoms with Crippen molar-refractivity contribution in [2.45, 2.75) is 6.92 Å². The molecule has 1 N–H and O–H groups in total.